The minimum Gasteiger partial charge on any atom is -0.504 e. The molecule has 1 heterocycles. The van der Waals surface area contributed by atoms with Crippen LogP contribution >= 0.6 is 0 Å². The number of carbonyl (C=O) groups is 1. The Morgan fingerprint density at radius 1 is 0.838 bits per heavy atom. The first-order chi connectivity index (χ1) is 17.9. The van der Waals surface area contributed by atoms with Gasteiger partial charge in [-0.15, -0.1) is 0 Å². The molecule has 8 heteroatoms. The molecule has 3 aromatic carbocycles. The molecule has 8 nitrogen and oxygen atoms in total. The fourth-order valence-corrected chi connectivity index (χ4v) is 4.57. The van der Waals surface area contributed by atoms with Gasteiger partial charge in [0.2, 0.25) is 5.91 Å². The lowest BCUT2D eigenvalue weighted by Crippen LogP contribution is -2.35. The molecular weight excluding hydrogens is 474 g/mol. The molecular formula is C29H31NO7. The van der Waals surface area contributed by atoms with Gasteiger partial charge in [-0.05, 0) is 65.1 Å². The average Bonchev–Trinajstić information content (AvgIpc) is 2.94. The van der Waals surface area contributed by atoms with Crippen molar-refractivity contribution in [2.75, 3.05) is 42.1 Å². The van der Waals surface area contributed by atoms with Crippen molar-refractivity contribution in [1.82, 2.24) is 4.90 Å². The van der Waals surface area contributed by atoms with Crippen LogP contribution in [0.4, 0.5) is 0 Å². The highest BCUT2D eigenvalue weighted by atomic mass is 16.5. The summed E-state index contributed by atoms with van der Waals surface area (Å²) in [6, 6.07) is 12.6. The number of phenolic OH excluding ortho intramolecular Hbond substituents is 1. The van der Waals surface area contributed by atoms with E-state index in [1.54, 1.807) is 51.5 Å². The van der Waals surface area contributed by atoms with E-state index in [0.29, 0.717) is 48.3 Å². The summed E-state index contributed by atoms with van der Waals surface area (Å²) in [5.41, 5.74) is 4.55. The minimum atomic E-state index is -0.120. The standard InChI is InChI=1S/C29H31NO7/c1-33-23-10-8-20(16-25(23)35-3)28-21-17-30(13-12-19(21)15-26(36-4)29(28)37-5)27(32)11-7-18-6-9-22(31)24(14-18)34-2/h6-11,14-16,31H,12-13,17H2,1-5H3/b11-7+. The number of rotatable bonds is 8. The van der Waals surface area contributed by atoms with E-state index < -0.39 is 0 Å². The van der Waals surface area contributed by atoms with Crippen LogP contribution in [0.3, 0.4) is 0 Å². The smallest absolute Gasteiger partial charge is 0.246 e. The number of methoxy groups -OCH3 is 5. The largest absolute Gasteiger partial charge is 0.504 e. The van der Waals surface area contributed by atoms with Gasteiger partial charge in [0.25, 0.3) is 0 Å². The van der Waals surface area contributed by atoms with Crippen LogP contribution in [0, 0.1) is 0 Å². The molecule has 1 N–H and O–H groups in total. The quantitative estimate of drug-likeness (QED) is 0.444. The number of carbonyl (C=O) groups excluding carboxylic acids is 1. The molecule has 0 saturated carbocycles. The maximum atomic E-state index is 13.2. The molecule has 0 spiro atoms. The van der Waals surface area contributed by atoms with Gasteiger partial charge in [0.15, 0.2) is 34.5 Å². The van der Waals surface area contributed by atoms with Gasteiger partial charge in [-0.2, -0.15) is 0 Å². The first-order valence-corrected chi connectivity index (χ1v) is 11.8. The Morgan fingerprint density at radius 3 is 2.24 bits per heavy atom. The third kappa shape index (κ3) is 5.14. The molecule has 37 heavy (non-hydrogen) atoms. The van der Waals surface area contributed by atoms with Crippen LogP contribution in [-0.4, -0.2) is 58.0 Å². The molecule has 0 radical (unpaired) electrons. The summed E-state index contributed by atoms with van der Waals surface area (Å²) in [5, 5.41) is 9.81. The minimum absolute atomic E-state index is 0.0469. The van der Waals surface area contributed by atoms with Crippen LogP contribution in [0.1, 0.15) is 16.7 Å². The Labute approximate surface area is 216 Å². The summed E-state index contributed by atoms with van der Waals surface area (Å²) in [7, 11) is 7.89. The van der Waals surface area contributed by atoms with Crippen molar-refractivity contribution in [2.45, 2.75) is 13.0 Å². The SMILES string of the molecule is COc1cc(/C=C/C(=O)N2CCc3cc(OC)c(OC)c(-c4ccc(OC)c(OC)c4)c3C2)ccc1O. The maximum Gasteiger partial charge on any atom is 0.246 e. The third-order valence-electron chi connectivity index (χ3n) is 6.48. The molecule has 0 unspecified atom stereocenters. The first-order valence-electron chi connectivity index (χ1n) is 11.8. The van der Waals surface area contributed by atoms with Gasteiger partial charge in [0, 0.05) is 24.7 Å². The van der Waals surface area contributed by atoms with Crippen molar-refractivity contribution in [2.24, 2.45) is 0 Å². The van der Waals surface area contributed by atoms with Gasteiger partial charge in [-0.1, -0.05) is 12.1 Å². The second-order valence-electron chi connectivity index (χ2n) is 8.47. The Bertz CT molecular complexity index is 1330. The van der Waals surface area contributed by atoms with Gasteiger partial charge in [0.1, 0.15) is 0 Å². The summed E-state index contributed by atoms with van der Waals surface area (Å²) < 4.78 is 27.6. The van der Waals surface area contributed by atoms with E-state index in [0.717, 1.165) is 27.8 Å². The topological polar surface area (TPSA) is 86.7 Å². The number of amides is 1. The second kappa shape index (κ2) is 11.2. The summed E-state index contributed by atoms with van der Waals surface area (Å²) in [4.78, 5) is 15.0. The molecule has 194 valence electrons. The van der Waals surface area contributed by atoms with Crippen LogP contribution < -0.4 is 23.7 Å². The molecule has 3 aromatic rings. The number of benzene rings is 3. The number of fused-ring (bicyclic) bond motifs is 1. The van der Waals surface area contributed by atoms with E-state index in [1.807, 2.05) is 24.3 Å². The van der Waals surface area contributed by atoms with Gasteiger partial charge < -0.3 is 33.7 Å². The van der Waals surface area contributed by atoms with Crippen molar-refractivity contribution < 1.29 is 33.6 Å². The summed E-state index contributed by atoms with van der Waals surface area (Å²) in [5.74, 6) is 2.71. The van der Waals surface area contributed by atoms with E-state index >= 15 is 0 Å². The van der Waals surface area contributed by atoms with Gasteiger partial charge in [-0.25, -0.2) is 0 Å². The number of phenols is 1. The second-order valence-corrected chi connectivity index (χ2v) is 8.47. The van der Waals surface area contributed by atoms with Gasteiger partial charge >= 0.3 is 0 Å². The summed E-state index contributed by atoms with van der Waals surface area (Å²) >= 11 is 0. The molecule has 0 aliphatic carbocycles. The Kier molecular flexibility index (Phi) is 7.77. The summed E-state index contributed by atoms with van der Waals surface area (Å²) in [6.07, 6.45) is 3.92. The van der Waals surface area contributed by atoms with Crippen LogP contribution in [0.25, 0.3) is 17.2 Å². The van der Waals surface area contributed by atoms with Crippen LogP contribution in [0.5, 0.6) is 34.5 Å². The lowest BCUT2D eigenvalue weighted by Gasteiger charge is -2.31. The zero-order valence-electron chi connectivity index (χ0n) is 21.7. The van der Waals surface area contributed by atoms with Crippen molar-refractivity contribution >= 4 is 12.0 Å². The molecule has 1 aliphatic rings. The van der Waals surface area contributed by atoms with E-state index in [2.05, 4.69) is 0 Å². The van der Waals surface area contributed by atoms with E-state index in [9.17, 15) is 9.90 Å². The third-order valence-corrected chi connectivity index (χ3v) is 6.48. The van der Waals surface area contributed by atoms with Crippen LogP contribution in [0.2, 0.25) is 0 Å². The molecule has 4 rings (SSSR count). The van der Waals surface area contributed by atoms with Crippen LogP contribution in [0.15, 0.2) is 48.5 Å². The lowest BCUT2D eigenvalue weighted by molar-refractivity contribution is -0.126. The van der Waals surface area contributed by atoms with Crippen LogP contribution in [-0.2, 0) is 17.8 Å². The van der Waals surface area contributed by atoms with Crippen molar-refractivity contribution in [3.05, 3.63) is 65.2 Å². The van der Waals surface area contributed by atoms with E-state index in [-0.39, 0.29) is 11.7 Å². The zero-order chi connectivity index (χ0) is 26.5. The predicted octanol–water partition coefficient (Wildman–Crippen LogP) is 4.70. The van der Waals surface area contributed by atoms with Gasteiger partial charge in [0.05, 0.1) is 35.5 Å². The highest BCUT2D eigenvalue weighted by Gasteiger charge is 2.27. The highest BCUT2D eigenvalue weighted by molar-refractivity contribution is 5.92. The fraction of sp³-hybridized carbons (Fsp3) is 0.276. The number of ether oxygens (including phenoxy) is 5. The fourth-order valence-electron chi connectivity index (χ4n) is 4.57. The Balaban J connectivity index is 1.71. The Hall–Kier alpha value is -4.33. The number of hydrogen-bond donors (Lipinski definition) is 1. The number of hydrogen-bond acceptors (Lipinski definition) is 7. The predicted molar refractivity (Wildman–Crippen MR) is 141 cm³/mol. The molecule has 1 aliphatic heterocycles. The molecule has 1 amide bonds. The molecule has 0 fully saturated rings. The maximum absolute atomic E-state index is 13.2. The van der Waals surface area contributed by atoms with Crippen molar-refractivity contribution in [3.8, 4) is 45.6 Å². The summed E-state index contributed by atoms with van der Waals surface area (Å²) in [6.45, 7) is 0.970. The first kappa shape index (κ1) is 25.8. The lowest BCUT2D eigenvalue weighted by atomic mass is 9.89. The zero-order valence-corrected chi connectivity index (χ0v) is 21.7. The van der Waals surface area contributed by atoms with Crippen molar-refractivity contribution in [1.29, 1.82) is 0 Å². The van der Waals surface area contributed by atoms with E-state index in [4.69, 9.17) is 23.7 Å². The highest BCUT2D eigenvalue weighted by Crippen LogP contribution is 2.46. The normalized spacial score (nSPS) is 12.7. The monoisotopic (exact) mass is 505 g/mol. The molecule has 0 bridgehead atoms. The Morgan fingerprint density at radius 2 is 1.57 bits per heavy atom. The number of nitrogens with zero attached hydrogens (tertiary/aromatic N) is 1. The molecule has 0 aromatic heterocycles. The number of aromatic hydroxyl groups is 1. The molecule has 0 atom stereocenters. The van der Waals surface area contributed by atoms with E-state index in [1.165, 1.54) is 19.3 Å². The molecule has 0 saturated heterocycles. The average molecular weight is 506 g/mol. The van der Waals surface area contributed by atoms with Crippen molar-refractivity contribution in [3.63, 3.8) is 0 Å². The van der Waals surface area contributed by atoms with Gasteiger partial charge in [-0.3, -0.25) is 4.79 Å².